The lowest BCUT2D eigenvalue weighted by Crippen LogP contribution is -2.13. The molecule has 0 amide bonds. The van der Waals surface area contributed by atoms with Crippen molar-refractivity contribution in [2.24, 2.45) is 0 Å². The van der Waals surface area contributed by atoms with Gasteiger partial charge in [0.2, 0.25) is 0 Å². The van der Waals surface area contributed by atoms with Crippen LogP contribution in [0.2, 0.25) is 0 Å². The SMILES string of the molecule is CNC(C)c1cc(F)c(C)cc1Sc1cccc(F)c1. The zero-order valence-corrected chi connectivity index (χ0v) is 12.5. The maximum atomic E-state index is 13.8. The molecule has 4 heteroatoms. The van der Waals surface area contributed by atoms with Crippen LogP contribution in [0, 0.1) is 18.6 Å². The molecular formula is C16H17F2NS. The quantitative estimate of drug-likeness (QED) is 0.876. The summed E-state index contributed by atoms with van der Waals surface area (Å²) in [6.07, 6.45) is 0. The third kappa shape index (κ3) is 3.38. The van der Waals surface area contributed by atoms with Gasteiger partial charge in [-0.1, -0.05) is 17.8 Å². The molecule has 0 bridgehead atoms. The first kappa shape index (κ1) is 15.0. The van der Waals surface area contributed by atoms with Gasteiger partial charge in [-0.3, -0.25) is 0 Å². The second-order valence-corrected chi connectivity index (χ2v) is 5.82. The lowest BCUT2D eigenvalue weighted by Gasteiger charge is -2.17. The van der Waals surface area contributed by atoms with E-state index in [-0.39, 0.29) is 17.7 Å². The highest BCUT2D eigenvalue weighted by atomic mass is 32.2. The highest BCUT2D eigenvalue weighted by Gasteiger charge is 2.13. The second-order valence-electron chi connectivity index (χ2n) is 4.71. The average molecular weight is 293 g/mol. The molecule has 2 rings (SSSR count). The maximum absolute atomic E-state index is 13.8. The van der Waals surface area contributed by atoms with Crippen molar-refractivity contribution >= 4 is 11.8 Å². The minimum absolute atomic E-state index is 0.0289. The van der Waals surface area contributed by atoms with Crippen molar-refractivity contribution in [1.29, 1.82) is 0 Å². The van der Waals surface area contributed by atoms with E-state index in [4.69, 9.17) is 0 Å². The Labute approximate surface area is 122 Å². The van der Waals surface area contributed by atoms with Gasteiger partial charge in [0.15, 0.2) is 0 Å². The lowest BCUT2D eigenvalue weighted by molar-refractivity contribution is 0.594. The maximum Gasteiger partial charge on any atom is 0.126 e. The van der Waals surface area contributed by atoms with E-state index >= 15 is 0 Å². The molecule has 0 radical (unpaired) electrons. The molecule has 1 unspecified atom stereocenters. The van der Waals surface area contributed by atoms with E-state index in [1.807, 2.05) is 26.1 Å². The van der Waals surface area contributed by atoms with Gasteiger partial charge in [0.1, 0.15) is 11.6 Å². The highest BCUT2D eigenvalue weighted by Crippen LogP contribution is 2.35. The summed E-state index contributed by atoms with van der Waals surface area (Å²) in [5, 5.41) is 3.11. The van der Waals surface area contributed by atoms with E-state index in [0.717, 1.165) is 15.4 Å². The van der Waals surface area contributed by atoms with Gasteiger partial charge in [-0.25, -0.2) is 8.78 Å². The van der Waals surface area contributed by atoms with Crippen LogP contribution in [0.25, 0.3) is 0 Å². The van der Waals surface area contributed by atoms with Crippen LogP contribution in [0.4, 0.5) is 8.78 Å². The van der Waals surface area contributed by atoms with Gasteiger partial charge in [-0.15, -0.1) is 0 Å². The predicted octanol–water partition coefficient (Wildman–Crippen LogP) is 4.70. The van der Waals surface area contributed by atoms with Gasteiger partial charge in [0.25, 0.3) is 0 Å². The summed E-state index contributed by atoms with van der Waals surface area (Å²) in [6.45, 7) is 3.71. The molecule has 0 heterocycles. The molecule has 1 atom stereocenters. The molecule has 0 aliphatic carbocycles. The van der Waals surface area contributed by atoms with Crippen molar-refractivity contribution in [3.05, 3.63) is 59.2 Å². The number of hydrogen-bond acceptors (Lipinski definition) is 2. The summed E-state index contributed by atoms with van der Waals surface area (Å²) in [6, 6.07) is 9.82. The normalized spacial score (nSPS) is 12.4. The van der Waals surface area contributed by atoms with E-state index in [1.54, 1.807) is 19.1 Å². The summed E-state index contributed by atoms with van der Waals surface area (Å²) in [5.74, 6) is -0.484. The monoisotopic (exact) mass is 293 g/mol. The van der Waals surface area contributed by atoms with Crippen molar-refractivity contribution in [3.63, 3.8) is 0 Å². The number of benzene rings is 2. The Morgan fingerprint density at radius 1 is 1.15 bits per heavy atom. The second kappa shape index (κ2) is 6.37. The van der Waals surface area contributed by atoms with Crippen LogP contribution in [-0.2, 0) is 0 Å². The van der Waals surface area contributed by atoms with Gasteiger partial charge < -0.3 is 5.32 Å². The predicted molar refractivity (Wildman–Crippen MR) is 79.1 cm³/mol. The summed E-state index contributed by atoms with van der Waals surface area (Å²) < 4.78 is 27.0. The molecule has 0 aliphatic rings. The largest absolute Gasteiger partial charge is 0.313 e. The Morgan fingerprint density at radius 3 is 2.55 bits per heavy atom. The first-order valence-corrected chi connectivity index (χ1v) is 7.23. The van der Waals surface area contributed by atoms with E-state index in [2.05, 4.69) is 5.32 Å². The minimum atomic E-state index is -0.267. The summed E-state index contributed by atoms with van der Waals surface area (Å²) in [7, 11) is 1.83. The van der Waals surface area contributed by atoms with E-state index in [1.165, 1.54) is 23.9 Å². The number of hydrogen-bond donors (Lipinski definition) is 1. The molecular weight excluding hydrogens is 276 g/mol. The highest BCUT2D eigenvalue weighted by molar-refractivity contribution is 7.99. The van der Waals surface area contributed by atoms with Gasteiger partial charge in [-0.2, -0.15) is 0 Å². The molecule has 0 spiro atoms. The third-order valence-corrected chi connectivity index (χ3v) is 4.28. The molecule has 2 aromatic carbocycles. The first-order valence-electron chi connectivity index (χ1n) is 6.42. The Hall–Kier alpha value is -1.39. The number of aryl methyl sites for hydroxylation is 1. The van der Waals surface area contributed by atoms with Gasteiger partial charge in [0, 0.05) is 15.8 Å². The summed E-state index contributed by atoms with van der Waals surface area (Å²) >= 11 is 1.45. The van der Waals surface area contributed by atoms with E-state index in [0.29, 0.717) is 5.56 Å². The Kier molecular flexibility index (Phi) is 4.78. The standard InChI is InChI=1S/C16H17F2NS/c1-10-7-16(14(9-15(10)18)11(2)19-3)20-13-6-4-5-12(17)8-13/h4-9,11,19H,1-3H3. The molecule has 1 nitrogen and oxygen atoms in total. The number of nitrogens with one attached hydrogen (secondary N) is 1. The van der Waals surface area contributed by atoms with Crippen LogP contribution in [0.3, 0.4) is 0 Å². The van der Waals surface area contributed by atoms with Crippen LogP contribution in [0.1, 0.15) is 24.1 Å². The number of rotatable bonds is 4. The fourth-order valence-electron chi connectivity index (χ4n) is 1.91. The van der Waals surface area contributed by atoms with E-state index in [9.17, 15) is 8.78 Å². The molecule has 1 N–H and O–H groups in total. The van der Waals surface area contributed by atoms with Crippen molar-refractivity contribution in [2.75, 3.05) is 7.05 Å². The smallest absolute Gasteiger partial charge is 0.126 e. The number of halogens is 2. The van der Waals surface area contributed by atoms with Crippen LogP contribution in [-0.4, -0.2) is 7.05 Å². The van der Waals surface area contributed by atoms with Crippen LogP contribution < -0.4 is 5.32 Å². The zero-order chi connectivity index (χ0) is 14.7. The molecule has 0 aliphatic heterocycles. The van der Waals surface area contributed by atoms with Crippen LogP contribution in [0.15, 0.2) is 46.2 Å². The summed E-state index contributed by atoms with van der Waals surface area (Å²) in [4.78, 5) is 1.75. The van der Waals surface area contributed by atoms with Gasteiger partial charge in [0.05, 0.1) is 0 Å². The van der Waals surface area contributed by atoms with E-state index < -0.39 is 0 Å². The molecule has 2 aromatic rings. The Balaban J connectivity index is 2.41. The molecule has 0 aromatic heterocycles. The van der Waals surface area contributed by atoms with Gasteiger partial charge in [-0.05, 0) is 62.4 Å². The minimum Gasteiger partial charge on any atom is -0.313 e. The first-order chi connectivity index (χ1) is 9.51. The average Bonchev–Trinajstić information content (AvgIpc) is 2.42. The van der Waals surface area contributed by atoms with Gasteiger partial charge >= 0.3 is 0 Å². The van der Waals surface area contributed by atoms with Crippen molar-refractivity contribution in [3.8, 4) is 0 Å². The molecule has 20 heavy (non-hydrogen) atoms. The topological polar surface area (TPSA) is 12.0 Å². The molecule has 0 saturated carbocycles. The Bertz CT molecular complexity index is 613. The van der Waals surface area contributed by atoms with Crippen LogP contribution in [0.5, 0.6) is 0 Å². The molecule has 0 fully saturated rings. The van der Waals surface area contributed by atoms with Crippen LogP contribution >= 0.6 is 11.8 Å². The fraction of sp³-hybridized carbons (Fsp3) is 0.250. The Morgan fingerprint density at radius 2 is 1.90 bits per heavy atom. The zero-order valence-electron chi connectivity index (χ0n) is 11.7. The lowest BCUT2D eigenvalue weighted by atomic mass is 10.1. The van der Waals surface area contributed by atoms with Crippen molar-refractivity contribution in [1.82, 2.24) is 5.32 Å². The summed E-state index contributed by atoms with van der Waals surface area (Å²) in [5.41, 5.74) is 1.47. The van der Waals surface area contributed by atoms with Crippen molar-refractivity contribution in [2.45, 2.75) is 29.7 Å². The van der Waals surface area contributed by atoms with Crippen molar-refractivity contribution < 1.29 is 8.78 Å². The molecule has 106 valence electrons. The fourth-order valence-corrected chi connectivity index (χ4v) is 3.07. The third-order valence-electron chi connectivity index (χ3n) is 3.21. The molecule has 0 saturated heterocycles.